The molecule has 2 aliphatic rings. The van der Waals surface area contributed by atoms with Gasteiger partial charge in [-0.2, -0.15) is 14.1 Å². The largest absolute Gasteiger partial charge is 0.485 e. The normalized spacial score (nSPS) is 16.9. The van der Waals surface area contributed by atoms with Gasteiger partial charge in [0.05, 0.1) is 23.7 Å². The lowest BCUT2D eigenvalue weighted by Crippen LogP contribution is -2.50. The molecule has 2 aromatic carbocycles. The second-order valence-electron chi connectivity index (χ2n) is 10.5. The number of anilines is 1. The molecule has 1 saturated heterocycles. The van der Waals surface area contributed by atoms with E-state index in [-0.39, 0.29) is 36.4 Å². The average molecular weight is 579 g/mol. The fraction of sp³-hybridized carbons (Fsp3) is 0.407. The molecule has 0 radical (unpaired) electrons. The Morgan fingerprint density at radius 2 is 1.64 bits per heavy atom. The van der Waals surface area contributed by atoms with E-state index in [0.717, 1.165) is 22.4 Å². The standard InChI is InChI=1S/C27H29ClF2N4O4S/c1-27(2,18-3-5-19(28)6-4-18)17-38-25-24(32-9-11-33(12-10-32)39(36,37)23-7-8-23)16-31-34(26(25)35)22-14-20(29)13-21(30)15-22/h3-6,13-16,23H,7-12,17H2,1-2H3. The maximum atomic E-state index is 13.9. The van der Waals surface area contributed by atoms with Gasteiger partial charge in [-0.25, -0.2) is 17.2 Å². The smallest absolute Gasteiger partial charge is 0.316 e. The number of aromatic nitrogens is 2. The fourth-order valence-corrected chi connectivity index (χ4v) is 6.58. The third-order valence-electron chi connectivity index (χ3n) is 7.09. The Bertz CT molecular complexity index is 1510. The van der Waals surface area contributed by atoms with Gasteiger partial charge in [-0.15, -0.1) is 0 Å². The van der Waals surface area contributed by atoms with Crippen LogP contribution in [-0.2, 0) is 15.4 Å². The van der Waals surface area contributed by atoms with Crippen molar-refractivity contribution in [3.63, 3.8) is 0 Å². The van der Waals surface area contributed by atoms with Crippen molar-refractivity contribution in [1.29, 1.82) is 0 Å². The molecule has 0 atom stereocenters. The van der Waals surface area contributed by atoms with Crippen molar-refractivity contribution in [3.05, 3.63) is 81.2 Å². The summed E-state index contributed by atoms with van der Waals surface area (Å²) in [5, 5.41) is 4.49. The summed E-state index contributed by atoms with van der Waals surface area (Å²) >= 11 is 6.04. The Kier molecular flexibility index (Phi) is 7.43. The van der Waals surface area contributed by atoms with Gasteiger partial charge in [0, 0.05) is 42.7 Å². The zero-order valence-corrected chi connectivity index (χ0v) is 23.2. The maximum absolute atomic E-state index is 13.9. The van der Waals surface area contributed by atoms with Crippen molar-refractivity contribution >= 4 is 27.3 Å². The molecule has 8 nitrogen and oxygen atoms in total. The summed E-state index contributed by atoms with van der Waals surface area (Å²) < 4.78 is 61.8. The quantitative estimate of drug-likeness (QED) is 0.400. The predicted molar refractivity (Wildman–Crippen MR) is 145 cm³/mol. The first-order valence-corrected chi connectivity index (χ1v) is 14.6. The number of piperazine rings is 1. The molecule has 1 aromatic heterocycles. The molecule has 39 heavy (non-hydrogen) atoms. The van der Waals surface area contributed by atoms with E-state index in [9.17, 15) is 22.0 Å². The van der Waals surface area contributed by atoms with Crippen LogP contribution in [0.2, 0.25) is 5.02 Å². The lowest BCUT2D eigenvalue weighted by Gasteiger charge is -2.36. The Morgan fingerprint density at radius 3 is 2.23 bits per heavy atom. The highest BCUT2D eigenvalue weighted by molar-refractivity contribution is 7.90. The molecule has 0 N–H and O–H groups in total. The van der Waals surface area contributed by atoms with E-state index >= 15 is 0 Å². The topological polar surface area (TPSA) is 84.7 Å². The van der Waals surface area contributed by atoms with E-state index in [1.54, 1.807) is 12.1 Å². The van der Waals surface area contributed by atoms with E-state index < -0.39 is 32.6 Å². The van der Waals surface area contributed by atoms with Gasteiger partial charge in [-0.1, -0.05) is 37.6 Å². The summed E-state index contributed by atoms with van der Waals surface area (Å²) in [7, 11) is -3.31. The molecule has 2 fully saturated rings. The first kappa shape index (κ1) is 27.5. The molecule has 0 bridgehead atoms. The van der Waals surface area contributed by atoms with Crippen LogP contribution in [0.1, 0.15) is 32.3 Å². The molecule has 12 heteroatoms. The average Bonchev–Trinajstić information content (AvgIpc) is 3.74. The van der Waals surface area contributed by atoms with Crippen molar-refractivity contribution in [3.8, 4) is 11.4 Å². The predicted octanol–water partition coefficient (Wildman–Crippen LogP) is 4.13. The first-order chi connectivity index (χ1) is 18.5. The molecule has 3 aromatic rings. The zero-order valence-electron chi connectivity index (χ0n) is 21.6. The monoisotopic (exact) mass is 578 g/mol. The molecule has 0 unspecified atom stereocenters. The van der Waals surface area contributed by atoms with E-state index in [4.69, 9.17) is 16.3 Å². The van der Waals surface area contributed by atoms with Gasteiger partial charge in [-0.05, 0) is 42.7 Å². The molecular formula is C27H29ClF2N4O4S. The molecule has 0 amide bonds. The van der Waals surface area contributed by atoms with Gasteiger partial charge < -0.3 is 9.64 Å². The Labute approximate surface area is 230 Å². The van der Waals surface area contributed by atoms with Crippen LogP contribution in [-0.4, -0.2) is 60.5 Å². The van der Waals surface area contributed by atoms with Crippen molar-refractivity contribution < 1.29 is 21.9 Å². The molecule has 208 valence electrons. The first-order valence-electron chi connectivity index (χ1n) is 12.7. The van der Waals surface area contributed by atoms with Crippen molar-refractivity contribution in [1.82, 2.24) is 14.1 Å². The minimum absolute atomic E-state index is 0.0322. The molecule has 2 heterocycles. The highest BCUT2D eigenvalue weighted by Gasteiger charge is 2.41. The third-order valence-corrected chi connectivity index (χ3v) is 9.75. The molecule has 0 spiro atoms. The SMILES string of the molecule is CC(C)(COc1c(N2CCN(S(=O)(=O)C3CC3)CC2)cnn(-c2cc(F)cc(F)c2)c1=O)c1ccc(Cl)cc1. The summed E-state index contributed by atoms with van der Waals surface area (Å²) in [5.74, 6) is -1.72. The van der Waals surface area contributed by atoms with Crippen LogP contribution in [0.5, 0.6) is 5.75 Å². The molecule has 1 aliphatic heterocycles. The third kappa shape index (κ3) is 5.80. The fourth-order valence-electron chi connectivity index (χ4n) is 4.63. The van der Waals surface area contributed by atoms with Crippen LogP contribution in [0.4, 0.5) is 14.5 Å². The molecule has 1 aliphatic carbocycles. The zero-order chi connectivity index (χ0) is 27.9. The van der Waals surface area contributed by atoms with E-state index in [1.165, 1.54) is 10.5 Å². The van der Waals surface area contributed by atoms with Gasteiger partial charge in [-0.3, -0.25) is 4.79 Å². The highest BCUT2D eigenvalue weighted by atomic mass is 35.5. The number of rotatable bonds is 8. The van der Waals surface area contributed by atoms with Crippen LogP contribution in [0, 0.1) is 11.6 Å². The van der Waals surface area contributed by atoms with Crippen LogP contribution in [0.15, 0.2) is 53.5 Å². The Morgan fingerprint density at radius 1 is 1.03 bits per heavy atom. The number of sulfonamides is 1. The number of nitrogens with zero attached hydrogens (tertiary/aromatic N) is 4. The number of halogens is 3. The second kappa shape index (κ2) is 10.5. The van der Waals surface area contributed by atoms with E-state index in [1.807, 2.05) is 30.9 Å². The lowest BCUT2D eigenvalue weighted by atomic mass is 9.86. The van der Waals surface area contributed by atoms with Crippen LogP contribution >= 0.6 is 11.6 Å². The van der Waals surface area contributed by atoms with Gasteiger partial charge in [0.25, 0.3) is 0 Å². The van der Waals surface area contributed by atoms with Crippen molar-refractivity contribution in [2.75, 3.05) is 37.7 Å². The Hall–Kier alpha value is -3.02. The molecule has 1 saturated carbocycles. The summed E-state index contributed by atoms with van der Waals surface area (Å²) in [4.78, 5) is 15.5. The summed E-state index contributed by atoms with van der Waals surface area (Å²) in [6.45, 7) is 5.23. The van der Waals surface area contributed by atoms with Crippen molar-refractivity contribution in [2.24, 2.45) is 0 Å². The van der Waals surface area contributed by atoms with E-state index in [0.29, 0.717) is 42.7 Å². The van der Waals surface area contributed by atoms with Crippen LogP contribution < -0.4 is 15.2 Å². The van der Waals surface area contributed by atoms with Crippen LogP contribution in [0.25, 0.3) is 5.69 Å². The summed E-state index contributed by atoms with van der Waals surface area (Å²) in [5.41, 5.74) is 0.0470. The van der Waals surface area contributed by atoms with Gasteiger partial charge >= 0.3 is 5.56 Å². The lowest BCUT2D eigenvalue weighted by molar-refractivity contribution is 0.236. The Balaban J connectivity index is 1.47. The number of benzene rings is 2. The minimum Gasteiger partial charge on any atom is -0.485 e. The summed E-state index contributed by atoms with van der Waals surface area (Å²) in [6.07, 6.45) is 2.79. The second-order valence-corrected chi connectivity index (χ2v) is 13.2. The highest BCUT2D eigenvalue weighted by Crippen LogP contribution is 2.33. The van der Waals surface area contributed by atoms with Gasteiger partial charge in [0.15, 0.2) is 0 Å². The number of ether oxygens (including phenoxy) is 1. The van der Waals surface area contributed by atoms with E-state index in [2.05, 4.69) is 5.10 Å². The van der Waals surface area contributed by atoms with Gasteiger partial charge in [0.2, 0.25) is 15.8 Å². The van der Waals surface area contributed by atoms with Gasteiger partial charge in [0.1, 0.15) is 17.3 Å². The molecule has 5 rings (SSSR count). The van der Waals surface area contributed by atoms with Crippen LogP contribution in [0.3, 0.4) is 0 Å². The van der Waals surface area contributed by atoms with Crippen molar-refractivity contribution in [2.45, 2.75) is 37.4 Å². The minimum atomic E-state index is -3.31. The maximum Gasteiger partial charge on any atom is 0.316 e. The molecular weight excluding hydrogens is 550 g/mol. The number of hydrogen-bond acceptors (Lipinski definition) is 6. The summed E-state index contributed by atoms with van der Waals surface area (Å²) in [6, 6.07) is 10.1. The number of hydrogen-bond donors (Lipinski definition) is 0.